The molecule has 0 fully saturated rings. The van der Waals surface area contributed by atoms with Crippen molar-refractivity contribution in [2.45, 2.75) is 33.4 Å². The van der Waals surface area contributed by atoms with Crippen molar-refractivity contribution in [1.82, 2.24) is 10.2 Å². The molecule has 1 unspecified atom stereocenters. The van der Waals surface area contributed by atoms with Gasteiger partial charge < -0.3 is 10.2 Å². The molecule has 0 bridgehead atoms. The van der Waals surface area contributed by atoms with Crippen molar-refractivity contribution in [2.75, 3.05) is 23.7 Å². The Kier molecular flexibility index (Phi) is 8.47. The number of carbonyl (C=O) groups excluding carboxylic acids is 2. The van der Waals surface area contributed by atoms with Gasteiger partial charge >= 0.3 is 0 Å². The summed E-state index contributed by atoms with van der Waals surface area (Å²) in [7, 11) is -3.75. The van der Waals surface area contributed by atoms with Gasteiger partial charge in [-0.05, 0) is 56.2 Å². The Balaban J connectivity index is 2.38. The average molecular weight is 466 g/mol. The number of carbonyl (C=O) groups is 2. The van der Waals surface area contributed by atoms with Gasteiger partial charge in [-0.15, -0.1) is 0 Å². The molecule has 0 heterocycles. The van der Waals surface area contributed by atoms with Crippen LogP contribution in [0.1, 0.15) is 25.0 Å². The minimum atomic E-state index is -3.75. The monoisotopic (exact) mass is 465 g/mol. The minimum absolute atomic E-state index is 0.183. The van der Waals surface area contributed by atoms with Crippen LogP contribution >= 0.6 is 11.6 Å². The number of amides is 2. The lowest BCUT2D eigenvalue weighted by atomic mass is 10.1. The number of nitrogens with one attached hydrogen (secondary N) is 1. The van der Waals surface area contributed by atoms with Gasteiger partial charge in [-0.25, -0.2) is 8.42 Å². The number of nitrogens with zero attached hydrogens (tertiary/aromatic N) is 2. The fourth-order valence-corrected chi connectivity index (χ4v) is 4.07. The molecule has 9 heteroatoms. The molecular weight excluding hydrogens is 438 g/mol. The number of hydrogen-bond donors (Lipinski definition) is 1. The predicted molar refractivity (Wildman–Crippen MR) is 124 cm³/mol. The second-order valence-corrected chi connectivity index (χ2v) is 9.61. The summed E-state index contributed by atoms with van der Waals surface area (Å²) in [5.74, 6) is -0.788. The average Bonchev–Trinajstić information content (AvgIpc) is 2.71. The number of halogens is 1. The Hall–Kier alpha value is -2.58. The van der Waals surface area contributed by atoms with Crippen LogP contribution in [-0.2, 0) is 26.2 Å². The van der Waals surface area contributed by atoms with Gasteiger partial charge in [-0.1, -0.05) is 35.9 Å². The van der Waals surface area contributed by atoms with Gasteiger partial charge in [-0.2, -0.15) is 0 Å². The Morgan fingerprint density at radius 3 is 2.26 bits per heavy atom. The molecule has 2 rings (SSSR count). The Morgan fingerprint density at radius 1 is 1.10 bits per heavy atom. The van der Waals surface area contributed by atoms with Gasteiger partial charge in [-0.3, -0.25) is 13.9 Å². The number of hydrogen-bond acceptors (Lipinski definition) is 4. The number of likely N-dealkylation sites (N-methyl/N-ethyl adjacent to an activating group) is 1. The van der Waals surface area contributed by atoms with E-state index in [-0.39, 0.29) is 12.5 Å². The van der Waals surface area contributed by atoms with Crippen LogP contribution in [0.2, 0.25) is 5.02 Å². The summed E-state index contributed by atoms with van der Waals surface area (Å²) in [5, 5.41) is 3.18. The van der Waals surface area contributed by atoms with Crippen molar-refractivity contribution in [1.29, 1.82) is 0 Å². The zero-order valence-corrected chi connectivity index (χ0v) is 19.7. The highest BCUT2D eigenvalue weighted by atomic mass is 35.5. The summed E-state index contributed by atoms with van der Waals surface area (Å²) in [6, 6.07) is 13.0. The van der Waals surface area contributed by atoms with Gasteiger partial charge in [0.25, 0.3) is 0 Å². The second-order valence-electron chi connectivity index (χ2n) is 7.26. The molecule has 0 saturated heterocycles. The molecule has 0 aliphatic rings. The van der Waals surface area contributed by atoms with Crippen molar-refractivity contribution in [3.05, 3.63) is 64.7 Å². The summed E-state index contributed by atoms with van der Waals surface area (Å²) in [4.78, 5) is 27.2. The highest BCUT2D eigenvalue weighted by molar-refractivity contribution is 7.92. The van der Waals surface area contributed by atoms with Crippen molar-refractivity contribution in [3.63, 3.8) is 0 Å². The normalized spacial score (nSPS) is 12.2. The first kappa shape index (κ1) is 24.7. The molecule has 1 N–H and O–H groups in total. The number of rotatable bonds is 9. The second kappa shape index (κ2) is 10.6. The van der Waals surface area contributed by atoms with Gasteiger partial charge in [0.15, 0.2) is 0 Å². The van der Waals surface area contributed by atoms with Crippen LogP contribution in [0.3, 0.4) is 0 Å². The zero-order chi connectivity index (χ0) is 23.2. The van der Waals surface area contributed by atoms with Crippen LogP contribution in [0, 0.1) is 6.92 Å². The maximum absolute atomic E-state index is 13.3. The molecule has 0 aromatic heterocycles. The molecular formula is C22H28ClN3O4S. The summed E-state index contributed by atoms with van der Waals surface area (Å²) in [5.41, 5.74) is 2.17. The molecule has 0 radical (unpaired) electrons. The predicted octanol–water partition coefficient (Wildman–Crippen LogP) is 2.97. The van der Waals surface area contributed by atoms with Gasteiger partial charge in [0.1, 0.15) is 12.6 Å². The molecule has 0 aliphatic carbocycles. The number of sulfonamides is 1. The largest absolute Gasteiger partial charge is 0.355 e. The Morgan fingerprint density at radius 2 is 1.71 bits per heavy atom. The molecule has 7 nitrogen and oxygen atoms in total. The van der Waals surface area contributed by atoms with Gasteiger partial charge in [0, 0.05) is 18.1 Å². The van der Waals surface area contributed by atoms with E-state index in [1.54, 1.807) is 26.0 Å². The van der Waals surface area contributed by atoms with Crippen LogP contribution in [0.5, 0.6) is 0 Å². The third-order valence-electron chi connectivity index (χ3n) is 4.91. The van der Waals surface area contributed by atoms with Crippen LogP contribution < -0.4 is 9.62 Å². The SMILES string of the molecule is CCNC(=O)C(C)N(Cc1ccccc1C)C(=O)CN(c1ccc(Cl)cc1)S(C)(=O)=O. The van der Waals surface area contributed by atoms with Crippen LogP contribution in [0.4, 0.5) is 5.69 Å². The topological polar surface area (TPSA) is 86.8 Å². The lowest BCUT2D eigenvalue weighted by Gasteiger charge is -2.31. The smallest absolute Gasteiger partial charge is 0.244 e. The first-order chi connectivity index (χ1) is 14.5. The minimum Gasteiger partial charge on any atom is -0.355 e. The summed E-state index contributed by atoms with van der Waals surface area (Å²) in [6.07, 6.45) is 1.04. The lowest BCUT2D eigenvalue weighted by Crippen LogP contribution is -2.51. The summed E-state index contributed by atoms with van der Waals surface area (Å²) in [6.45, 7) is 5.53. The van der Waals surface area contributed by atoms with Crippen LogP contribution in [0.25, 0.3) is 0 Å². The summed E-state index contributed by atoms with van der Waals surface area (Å²) < 4.78 is 25.9. The van der Waals surface area contributed by atoms with E-state index >= 15 is 0 Å². The van der Waals surface area contributed by atoms with E-state index in [0.29, 0.717) is 17.3 Å². The molecule has 2 aromatic rings. The number of aryl methyl sites for hydroxylation is 1. The Bertz CT molecular complexity index is 1030. The van der Waals surface area contributed by atoms with Crippen molar-refractivity contribution in [3.8, 4) is 0 Å². The maximum atomic E-state index is 13.3. The third kappa shape index (κ3) is 6.70. The van der Waals surface area contributed by atoms with E-state index in [9.17, 15) is 18.0 Å². The van der Waals surface area contributed by atoms with Crippen LogP contribution in [-0.4, -0.2) is 50.5 Å². The van der Waals surface area contributed by atoms with E-state index in [1.165, 1.54) is 17.0 Å². The van der Waals surface area contributed by atoms with Crippen molar-refractivity contribution in [2.24, 2.45) is 0 Å². The van der Waals surface area contributed by atoms with Crippen molar-refractivity contribution >= 4 is 39.1 Å². The molecule has 0 saturated carbocycles. The van der Waals surface area contributed by atoms with Crippen LogP contribution in [0.15, 0.2) is 48.5 Å². The molecule has 0 aliphatic heterocycles. The molecule has 2 amide bonds. The lowest BCUT2D eigenvalue weighted by molar-refractivity contribution is -0.139. The summed E-state index contributed by atoms with van der Waals surface area (Å²) >= 11 is 5.91. The van der Waals surface area contributed by atoms with Crippen molar-refractivity contribution < 1.29 is 18.0 Å². The first-order valence-corrected chi connectivity index (χ1v) is 12.1. The van der Waals surface area contributed by atoms with E-state index in [2.05, 4.69) is 5.32 Å². The zero-order valence-electron chi connectivity index (χ0n) is 18.1. The van der Waals surface area contributed by atoms with E-state index in [4.69, 9.17) is 11.6 Å². The van der Waals surface area contributed by atoms with E-state index in [0.717, 1.165) is 21.7 Å². The molecule has 2 aromatic carbocycles. The van der Waals surface area contributed by atoms with Gasteiger partial charge in [0.2, 0.25) is 21.8 Å². The standard InChI is InChI=1S/C22H28ClN3O4S/c1-5-24-22(28)17(3)25(14-18-9-7-6-8-16(18)2)21(27)15-26(31(4,29)30)20-12-10-19(23)11-13-20/h6-13,17H,5,14-15H2,1-4H3,(H,24,28). The fourth-order valence-electron chi connectivity index (χ4n) is 3.10. The molecule has 0 spiro atoms. The number of benzene rings is 2. The molecule has 31 heavy (non-hydrogen) atoms. The van der Waals surface area contributed by atoms with E-state index < -0.39 is 28.5 Å². The number of anilines is 1. The fraction of sp³-hybridized carbons (Fsp3) is 0.364. The molecule has 1 atom stereocenters. The quantitative estimate of drug-likeness (QED) is 0.616. The third-order valence-corrected chi connectivity index (χ3v) is 6.31. The van der Waals surface area contributed by atoms with E-state index in [1.807, 2.05) is 31.2 Å². The highest BCUT2D eigenvalue weighted by Crippen LogP contribution is 2.21. The first-order valence-electron chi connectivity index (χ1n) is 9.89. The van der Waals surface area contributed by atoms with Gasteiger partial charge in [0.05, 0.1) is 11.9 Å². The Labute approximate surface area is 189 Å². The maximum Gasteiger partial charge on any atom is 0.244 e. The molecule has 168 valence electrons. The highest BCUT2D eigenvalue weighted by Gasteiger charge is 2.30.